The summed E-state index contributed by atoms with van der Waals surface area (Å²) in [4.78, 5) is 27.6. The molecule has 0 bridgehead atoms. The van der Waals surface area contributed by atoms with Crippen LogP contribution < -0.4 is 15.6 Å². The number of halogens is 1. The van der Waals surface area contributed by atoms with Crippen molar-refractivity contribution in [1.82, 2.24) is 10.3 Å². The van der Waals surface area contributed by atoms with Gasteiger partial charge in [-0.25, -0.2) is 13.0 Å². The molecule has 1 aliphatic rings. The third-order valence-corrected chi connectivity index (χ3v) is 7.07. The number of carbonyl (C=O) groups is 1. The number of hydrogen-bond donors (Lipinski definition) is 2. The second-order valence-corrected chi connectivity index (χ2v) is 9.08. The molecule has 0 spiro atoms. The fraction of sp³-hybridized carbons (Fsp3) is 0.333. The number of H-pyrrole nitrogens is 1. The van der Waals surface area contributed by atoms with Gasteiger partial charge >= 0.3 is 0 Å². The lowest BCUT2D eigenvalue weighted by Gasteiger charge is -2.17. The highest BCUT2D eigenvalue weighted by Crippen LogP contribution is 2.23. The van der Waals surface area contributed by atoms with Gasteiger partial charge in [-0.05, 0) is 55.0 Å². The Kier molecular flexibility index (Phi) is 6.71. The minimum absolute atomic E-state index is 0.0456. The number of ether oxygens (including phenoxy) is 1. The number of amides is 1. The number of methoxy groups -OCH3 is 1. The summed E-state index contributed by atoms with van der Waals surface area (Å²) in [5.74, 6) is -1.07. The van der Waals surface area contributed by atoms with Crippen LogP contribution in [0.25, 0.3) is 0 Å². The Morgan fingerprint density at radius 2 is 2.13 bits per heavy atom. The number of fused-ring (bicyclic) bond motifs is 1. The van der Waals surface area contributed by atoms with E-state index in [1.54, 1.807) is 6.20 Å². The summed E-state index contributed by atoms with van der Waals surface area (Å²) in [6.45, 7) is 0.0487. The molecule has 0 saturated heterocycles. The summed E-state index contributed by atoms with van der Waals surface area (Å²) >= 11 is 0. The van der Waals surface area contributed by atoms with Gasteiger partial charge in [0.05, 0.1) is 21.7 Å². The monoisotopic (exact) mass is 433 g/mol. The van der Waals surface area contributed by atoms with Crippen molar-refractivity contribution in [3.05, 3.63) is 68.7 Å². The van der Waals surface area contributed by atoms with Crippen LogP contribution in [0.5, 0.6) is 5.75 Å². The predicted octanol–water partition coefficient (Wildman–Crippen LogP) is 2.80. The van der Waals surface area contributed by atoms with E-state index in [0.29, 0.717) is 6.42 Å². The maximum atomic E-state index is 14.0. The van der Waals surface area contributed by atoms with E-state index in [1.165, 1.54) is 37.8 Å². The van der Waals surface area contributed by atoms with Gasteiger partial charge in [0.15, 0.2) is 11.6 Å². The standard InChI is InChI=1S/C21H24FN3O4S/c1-23-30(28,15-8-9-18(29-2)17(22)12-15)11-5-10-24-20(26)19-16-7-4-3-6-14(16)13-25-21(19)27/h5,8-9,11-13H,3-4,6-7,10H2,1-2H3,(H,24,26)(H,25,27)/b11-5+. The average molecular weight is 434 g/mol. The first-order valence-electron chi connectivity index (χ1n) is 9.56. The number of nitrogens with one attached hydrogen (secondary N) is 2. The zero-order valence-corrected chi connectivity index (χ0v) is 17.7. The minimum atomic E-state index is -3.01. The van der Waals surface area contributed by atoms with Crippen LogP contribution in [0.4, 0.5) is 4.39 Å². The van der Waals surface area contributed by atoms with Crippen molar-refractivity contribution in [2.24, 2.45) is 4.36 Å². The number of benzene rings is 1. The first-order chi connectivity index (χ1) is 14.4. The summed E-state index contributed by atoms with van der Waals surface area (Å²) in [5, 5.41) is 3.99. The first-order valence-corrected chi connectivity index (χ1v) is 11.1. The van der Waals surface area contributed by atoms with Gasteiger partial charge in [-0.15, -0.1) is 0 Å². The number of aromatic nitrogens is 1. The number of aromatic amines is 1. The third-order valence-electron chi connectivity index (χ3n) is 5.04. The summed E-state index contributed by atoms with van der Waals surface area (Å²) in [5.41, 5.74) is 1.51. The summed E-state index contributed by atoms with van der Waals surface area (Å²) in [6.07, 6.45) is 6.67. The lowest BCUT2D eigenvalue weighted by Crippen LogP contribution is -2.32. The van der Waals surface area contributed by atoms with Crippen molar-refractivity contribution >= 4 is 15.6 Å². The molecule has 2 N–H and O–H groups in total. The lowest BCUT2D eigenvalue weighted by atomic mass is 9.90. The zero-order chi connectivity index (χ0) is 21.7. The first kappa shape index (κ1) is 21.8. The molecule has 1 unspecified atom stereocenters. The highest BCUT2D eigenvalue weighted by atomic mass is 32.2. The molecule has 1 heterocycles. The zero-order valence-electron chi connectivity index (χ0n) is 16.9. The van der Waals surface area contributed by atoms with Crippen molar-refractivity contribution < 1.29 is 18.1 Å². The van der Waals surface area contributed by atoms with E-state index in [1.807, 2.05) is 0 Å². The quantitative estimate of drug-likeness (QED) is 0.732. The molecule has 30 heavy (non-hydrogen) atoms. The van der Waals surface area contributed by atoms with Crippen LogP contribution in [0.15, 0.2) is 49.9 Å². The van der Waals surface area contributed by atoms with Crippen LogP contribution in [0.1, 0.15) is 34.3 Å². The summed E-state index contributed by atoms with van der Waals surface area (Å²) in [7, 11) is -0.286. The highest BCUT2D eigenvalue weighted by Gasteiger charge is 2.21. The van der Waals surface area contributed by atoms with Gasteiger partial charge in [0, 0.05) is 25.2 Å². The normalized spacial score (nSPS) is 15.3. The second kappa shape index (κ2) is 9.25. The fourth-order valence-corrected chi connectivity index (χ4v) is 4.85. The molecule has 9 heteroatoms. The van der Waals surface area contributed by atoms with Crippen LogP contribution in [0.3, 0.4) is 0 Å². The van der Waals surface area contributed by atoms with Crippen LogP contribution >= 0.6 is 0 Å². The van der Waals surface area contributed by atoms with E-state index < -0.39 is 27.0 Å². The molecule has 1 aliphatic carbocycles. The Labute approximate surface area is 174 Å². The van der Waals surface area contributed by atoms with Crippen LogP contribution in [0.2, 0.25) is 0 Å². The molecule has 0 radical (unpaired) electrons. The number of rotatable bonds is 6. The van der Waals surface area contributed by atoms with Crippen molar-refractivity contribution in [2.75, 3.05) is 20.7 Å². The molecule has 160 valence electrons. The molecule has 3 rings (SSSR count). The molecule has 7 nitrogen and oxygen atoms in total. The van der Waals surface area contributed by atoms with Gasteiger partial charge in [0.25, 0.3) is 11.5 Å². The Morgan fingerprint density at radius 3 is 2.83 bits per heavy atom. The van der Waals surface area contributed by atoms with E-state index in [0.717, 1.165) is 36.5 Å². The molecule has 2 aromatic rings. The Hall–Kier alpha value is -2.94. The molecule has 1 atom stereocenters. The maximum Gasteiger partial charge on any atom is 0.261 e. The number of nitrogens with zero attached hydrogens (tertiary/aromatic N) is 1. The smallest absolute Gasteiger partial charge is 0.261 e. The molecular weight excluding hydrogens is 409 g/mol. The van der Waals surface area contributed by atoms with Crippen LogP contribution in [-0.2, 0) is 22.6 Å². The van der Waals surface area contributed by atoms with E-state index in [4.69, 9.17) is 4.74 Å². The van der Waals surface area contributed by atoms with Crippen LogP contribution in [-0.4, -0.2) is 35.8 Å². The van der Waals surface area contributed by atoms with Crippen molar-refractivity contribution in [3.63, 3.8) is 0 Å². The highest BCUT2D eigenvalue weighted by molar-refractivity contribution is 7.96. The molecule has 1 aromatic heterocycles. The molecule has 0 saturated carbocycles. The Morgan fingerprint density at radius 1 is 1.37 bits per heavy atom. The molecule has 1 aromatic carbocycles. The minimum Gasteiger partial charge on any atom is -0.494 e. The average Bonchev–Trinajstić information content (AvgIpc) is 2.76. The predicted molar refractivity (Wildman–Crippen MR) is 113 cm³/mol. The molecular formula is C21H24FN3O4S. The van der Waals surface area contributed by atoms with Crippen molar-refractivity contribution in [2.45, 2.75) is 30.6 Å². The van der Waals surface area contributed by atoms with Gasteiger partial charge in [-0.2, -0.15) is 0 Å². The van der Waals surface area contributed by atoms with E-state index in [-0.39, 0.29) is 22.8 Å². The number of hydrogen-bond acceptors (Lipinski definition) is 5. The van der Waals surface area contributed by atoms with Gasteiger partial charge in [-0.3, -0.25) is 9.59 Å². The Bertz CT molecular complexity index is 1160. The van der Waals surface area contributed by atoms with E-state index in [9.17, 15) is 18.2 Å². The maximum absolute atomic E-state index is 14.0. The van der Waals surface area contributed by atoms with Gasteiger partial charge in [0.1, 0.15) is 5.56 Å². The largest absolute Gasteiger partial charge is 0.494 e. The van der Waals surface area contributed by atoms with Gasteiger partial charge in [-0.1, -0.05) is 6.08 Å². The van der Waals surface area contributed by atoms with E-state index in [2.05, 4.69) is 14.7 Å². The molecule has 1 amide bonds. The second-order valence-electron chi connectivity index (χ2n) is 6.83. The van der Waals surface area contributed by atoms with Crippen molar-refractivity contribution in [1.29, 1.82) is 0 Å². The van der Waals surface area contributed by atoms with Crippen molar-refractivity contribution in [3.8, 4) is 5.75 Å². The lowest BCUT2D eigenvalue weighted by molar-refractivity contribution is 0.0955. The summed E-state index contributed by atoms with van der Waals surface area (Å²) < 4.78 is 35.8. The van der Waals surface area contributed by atoms with Crippen LogP contribution in [0, 0.1) is 5.82 Å². The third kappa shape index (κ3) is 4.46. The number of aryl methyl sites for hydroxylation is 1. The van der Waals surface area contributed by atoms with Gasteiger partial charge in [0.2, 0.25) is 0 Å². The SMILES string of the molecule is CN=S(=O)(/C=C/CNC(=O)c1c2c(c[nH]c1=O)CCCC2)c1ccc(OC)c(F)c1. The fourth-order valence-electron chi connectivity index (χ4n) is 3.47. The molecule has 0 aliphatic heterocycles. The van der Waals surface area contributed by atoms with E-state index >= 15 is 0 Å². The van der Waals surface area contributed by atoms with Gasteiger partial charge < -0.3 is 15.0 Å². The molecule has 0 fully saturated rings. The Balaban J connectivity index is 1.74. The topological polar surface area (TPSA) is 101 Å². The number of pyridine rings is 1. The summed E-state index contributed by atoms with van der Waals surface area (Å²) in [6, 6.07) is 3.98. The number of carbonyl (C=O) groups excluding carboxylic acids is 1.